The van der Waals surface area contributed by atoms with Gasteiger partial charge in [-0.05, 0) is 12.1 Å². The topological polar surface area (TPSA) is 79.3 Å². The lowest BCUT2D eigenvalue weighted by Gasteiger charge is -2.20. The highest BCUT2D eigenvalue weighted by molar-refractivity contribution is 5.51. The van der Waals surface area contributed by atoms with E-state index in [1.54, 1.807) is 0 Å². The van der Waals surface area contributed by atoms with E-state index in [0.29, 0.717) is 11.8 Å². The first kappa shape index (κ1) is 11.9. The third kappa shape index (κ3) is 2.49. The van der Waals surface area contributed by atoms with Crippen LogP contribution in [0.1, 0.15) is 24.7 Å². The fourth-order valence-electron chi connectivity index (χ4n) is 2.45. The van der Waals surface area contributed by atoms with Gasteiger partial charge in [-0.2, -0.15) is 5.26 Å². The minimum Gasteiger partial charge on any atom is -0.420 e. The first-order chi connectivity index (χ1) is 9.36. The van der Waals surface area contributed by atoms with Crippen molar-refractivity contribution in [2.45, 2.75) is 24.8 Å². The largest absolute Gasteiger partial charge is 0.420 e. The van der Waals surface area contributed by atoms with Gasteiger partial charge in [0.2, 0.25) is 11.8 Å². The van der Waals surface area contributed by atoms with E-state index in [1.807, 2.05) is 30.3 Å². The van der Waals surface area contributed by atoms with Gasteiger partial charge in [-0.1, -0.05) is 18.2 Å². The molecule has 96 valence electrons. The molecule has 1 aliphatic heterocycles. The molecule has 1 fully saturated rings. The van der Waals surface area contributed by atoms with Crippen LogP contribution in [0.5, 0.6) is 0 Å². The summed E-state index contributed by atoms with van der Waals surface area (Å²) in [5.74, 6) is 1.42. The zero-order valence-corrected chi connectivity index (χ0v) is 10.5. The molecule has 2 heterocycles. The van der Waals surface area contributed by atoms with Crippen molar-refractivity contribution in [1.29, 1.82) is 5.26 Å². The van der Waals surface area contributed by atoms with Gasteiger partial charge in [-0.25, -0.2) is 0 Å². The SMILES string of the molecule is N#C[C@@H]1C[C@@H](c2nnc(-c3ccccc3)o2)CC[NH2+]1. The molecule has 1 aromatic carbocycles. The normalized spacial score (nSPS) is 22.9. The number of rotatable bonds is 2. The zero-order valence-electron chi connectivity index (χ0n) is 10.5. The average Bonchev–Trinajstić information content (AvgIpc) is 2.98. The van der Waals surface area contributed by atoms with Crippen LogP contribution in [0, 0.1) is 11.3 Å². The summed E-state index contributed by atoms with van der Waals surface area (Å²) in [5, 5.41) is 19.3. The van der Waals surface area contributed by atoms with Crippen LogP contribution < -0.4 is 5.32 Å². The summed E-state index contributed by atoms with van der Waals surface area (Å²) in [6.45, 7) is 0.936. The van der Waals surface area contributed by atoms with E-state index in [2.05, 4.69) is 21.6 Å². The number of aromatic nitrogens is 2. The van der Waals surface area contributed by atoms with E-state index < -0.39 is 0 Å². The zero-order chi connectivity index (χ0) is 13.1. The van der Waals surface area contributed by atoms with E-state index in [9.17, 15) is 0 Å². The molecule has 5 heteroatoms. The van der Waals surface area contributed by atoms with Crippen LogP contribution >= 0.6 is 0 Å². The first-order valence-corrected chi connectivity index (χ1v) is 6.48. The number of hydrogen-bond donors (Lipinski definition) is 1. The fourth-order valence-corrected chi connectivity index (χ4v) is 2.45. The molecule has 2 aromatic rings. The number of nitrogens with zero attached hydrogens (tertiary/aromatic N) is 3. The molecule has 3 rings (SSSR count). The Kier molecular flexibility index (Phi) is 3.25. The van der Waals surface area contributed by atoms with E-state index in [-0.39, 0.29) is 12.0 Å². The summed E-state index contributed by atoms with van der Waals surface area (Å²) in [6, 6.07) is 12.0. The molecule has 5 nitrogen and oxygen atoms in total. The van der Waals surface area contributed by atoms with Gasteiger partial charge in [0.1, 0.15) is 6.07 Å². The van der Waals surface area contributed by atoms with Gasteiger partial charge in [-0.15, -0.1) is 10.2 Å². The van der Waals surface area contributed by atoms with Gasteiger partial charge in [0, 0.05) is 24.3 Å². The Labute approximate surface area is 111 Å². The Morgan fingerprint density at radius 1 is 1.26 bits per heavy atom. The van der Waals surface area contributed by atoms with E-state index in [4.69, 9.17) is 9.68 Å². The van der Waals surface area contributed by atoms with Crippen molar-refractivity contribution in [2.24, 2.45) is 0 Å². The van der Waals surface area contributed by atoms with Crippen LogP contribution in [0.25, 0.3) is 11.5 Å². The molecule has 0 unspecified atom stereocenters. The van der Waals surface area contributed by atoms with E-state index in [0.717, 1.165) is 24.9 Å². The van der Waals surface area contributed by atoms with Crippen molar-refractivity contribution in [2.75, 3.05) is 6.54 Å². The highest BCUT2D eigenvalue weighted by Crippen LogP contribution is 2.27. The molecule has 0 bridgehead atoms. The third-order valence-electron chi connectivity index (χ3n) is 3.48. The van der Waals surface area contributed by atoms with Crippen LogP contribution in [-0.4, -0.2) is 22.8 Å². The molecule has 1 aromatic heterocycles. The van der Waals surface area contributed by atoms with Gasteiger partial charge in [-0.3, -0.25) is 0 Å². The summed E-state index contributed by atoms with van der Waals surface area (Å²) >= 11 is 0. The first-order valence-electron chi connectivity index (χ1n) is 6.48. The molecular formula is C14H15N4O+. The lowest BCUT2D eigenvalue weighted by atomic mass is 9.93. The average molecular weight is 255 g/mol. The fraction of sp³-hybridized carbons (Fsp3) is 0.357. The summed E-state index contributed by atoms with van der Waals surface area (Å²) < 4.78 is 5.76. The number of benzene rings is 1. The third-order valence-corrected chi connectivity index (χ3v) is 3.48. The van der Waals surface area contributed by atoms with Crippen LogP contribution in [0.2, 0.25) is 0 Å². The lowest BCUT2D eigenvalue weighted by Crippen LogP contribution is -2.91. The number of hydrogen-bond acceptors (Lipinski definition) is 4. The standard InChI is InChI=1S/C14H14N4O/c15-9-12-8-11(6-7-16-12)14-18-17-13(19-14)10-4-2-1-3-5-10/h1-5,11-12,16H,6-8H2/p+1/t11-,12-/m0/s1. The van der Waals surface area contributed by atoms with Crippen molar-refractivity contribution in [3.63, 3.8) is 0 Å². The molecule has 0 amide bonds. The van der Waals surface area contributed by atoms with Gasteiger partial charge < -0.3 is 9.73 Å². The van der Waals surface area contributed by atoms with E-state index in [1.165, 1.54) is 0 Å². The molecule has 0 spiro atoms. The second kappa shape index (κ2) is 5.21. The van der Waals surface area contributed by atoms with Gasteiger partial charge in [0.25, 0.3) is 0 Å². The van der Waals surface area contributed by atoms with Crippen LogP contribution in [0.3, 0.4) is 0 Å². The minimum atomic E-state index is 0.00539. The molecule has 0 saturated carbocycles. The maximum Gasteiger partial charge on any atom is 0.247 e. The van der Waals surface area contributed by atoms with Gasteiger partial charge in [0.15, 0.2) is 6.04 Å². The molecule has 1 saturated heterocycles. The molecule has 0 radical (unpaired) electrons. The highest BCUT2D eigenvalue weighted by atomic mass is 16.4. The molecular weight excluding hydrogens is 240 g/mol. The van der Waals surface area contributed by atoms with Gasteiger partial charge >= 0.3 is 0 Å². The van der Waals surface area contributed by atoms with Crippen molar-refractivity contribution in [1.82, 2.24) is 10.2 Å². The van der Waals surface area contributed by atoms with E-state index >= 15 is 0 Å². The van der Waals surface area contributed by atoms with Crippen LogP contribution in [-0.2, 0) is 0 Å². The van der Waals surface area contributed by atoms with Crippen molar-refractivity contribution >= 4 is 0 Å². The predicted molar refractivity (Wildman–Crippen MR) is 67.9 cm³/mol. The number of nitrogens with two attached hydrogens (primary N) is 1. The Morgan fingerprint density at radius 3 is 2.89 bits per heavy atom. The summed E-state index contributed by atoms with van der Waals surface area (Å²) in [4.78, 5) is 0. The van der Waals surface area contributed by atoms with Gasteiger partial charge in [0.05, 0.1) is 6.54 Å². The molecule has 19 heavy (non-hydrogen) atoms. The number of quaternary nitrogens is 1. The smallest absolute Gasteiger partial charge is 0.247 e. The minimum absolute atomic E-state index is 0.00539. The Bertz CT molecular complexity index is 587. The Hall–Kier alpha value is -2.19. The quantitative estimate of drug-likeness (QED) is 0.870. The van der Waals surface area contributed by atoms with Crippen LogP contribution in [0.15, 0.2) is 34.7 Å². The second-order valence-corrected chi connectivity index (χ2v) is 4.79. The van der Waals surface area contributed by atoms with Crippen molar-refractivity contribution in [3.8, 4) is 17.5 Å². The maximum atomic E-state index is 8.99. The lowest BCUT2D eigenvalue weighted by molar-refractivity contribution is -0.686. The summed E-state index contributed by atoms with van der Waals surface area (Å²) in [5.41, 5.74) is 0.931. The number of piperidine rings is 1. The highest BCUT2D eigenvalue weighted by Gasteiger charge is 2.29. The predicted octanol–water partition coefficient (Wildman–Crippen LogP) is 1.07. The molecule has 0 aliphatic carbocycles. The molecule has 1 aliphatic rings. The Balaban J connectivity index is 1.80. The molecule has 2 N–H and O–H groups in total. The Morgan fingerprint density at radius 2 is 2.11 bits per heavy atom. The monoisotopic (exact) mass is 255 g/mol. The van der Waals surface area contributed by atoms with Crippen LogP contribution in [0.4, 0.5) is 0 Å². The summed E-state index contributed by atoms with van der Waals surface area (Å²) in [7, 11) is 0. The molecule has 2 atom stereocenters. The van der Waals surface area contributed by atoms with Crippen molar-refractivity contribution < 1.29 is 9.73 Å². The second-order valence-electron chi connectivity index (χ2n) is 4.79. The number of nitriles is 1. The maximum absolute atomic E-state index is 8.99. The summed E-state index contributed by atoms with van der Waals surface area (Å²) in [6.07, 6.45) is 1.77. The van der Waals surface area contributed by atoms with Crippen molar-refractivity contribution in [3.05, 3.63) is 36.2 Å².